The van der Waals surface area contributed by atoms with Crippen LogP contribution in [-0.2, 0) is 9.59 Å². The van der Waals surface area contributed by atoms with Crippen LogP contribution in [0.4, 0.5) is 5.69 Å². The molecule has 0 radical (unpaired) electrons. The van der Waals surface area contributed by atoms with Crippen LogP contribution in [0.2, 0.25) is 0 Å². The third kappa shape index (κ3) is 3.70. The Labute approximate surface area is 186 Å². The van der Waals surface area contributed by atoms with Gasteiger partial charge in [0.05, 0.1) is 7.11 Å². The summed E-state index contributed by atoms with van der Waals surface area (Å²) in [4.78, 5) is 28.4. The first-order valence-corrected chi connectivity index (χ1v) is 11.0. The van der Waals surface area contributed by atoms with Crippen molar-refractivity contribution in [3.05, 3.63) is 42.0 Å². The highest BCUT2D eigenvalue weighted by Crippen LogP contribution is 2.43. The van der Waals surface area contributed by atoms with Crippen LogP contribution in [0.1, 0.15) is 37.3 Å². The minimum absolute atomic E-state index is 0.109. The molecule has 5 rings (SSSR count). The van der Waals surface area contributed by atoms with Crippen molar-refractivity contribution in [1.82, 2.24) is 5.32 Å². The molecule has 2 aliphatic heterocycles. The molecule has 2 amide bonds. The number of methoxy groups -OCH3 is 1. The number of hydrogen-bond acceptors (Lipinski definition) is 6. The van der Waals surface area contributed by atoms with E-state index in [-0.39, 0.29) is 24.5 Å². The molecule has 1 N–H and O–H groups in total. The molecule has 0 bridgehead atoms. The summed E-state index contributed by atoms with van der Waals surface area (Å²) in [5.74, 6) is 1.50. The Hall–Kier alpha value is -3.42. The lowest BCUT2D eigenvalue weighted by Gasteiger charge is -2.31. The molecule has 32 heavy (non-hydrogen) atoms. The highest BCUT2D eigenvalue weighted by Gasteiger charge is 2.39. The van der Waals surface area contributed by atoms with Crippen molar-refractivity contribution in [2.24, 2.45) is 0 Å². The number of carbonyl (C=O) groups excluding carboxylic acids is 2. The van der Waals surface area contributed by atoms with E-state index in [1.807, 2.05) is 0 Å². The Kier molecular flexibility index (Phi) is 5.51. The van der Waals surface area contributed by atoms with E-state index in [9.17, 15) is 9.59 Å². The van der Waals surface area contributed by atoms with Gasteiger partial charge in [-0.3, -0.25) is 14.5 Å². The minimum Gasteiger partial charge on any atom is -0.493 e. The molecule has 1 atom stereocenters. The van der Waals surface area contributed by atoms with Crippen molar-refractivity contribution >= 4 is 17.5 Å². The number of para-hydroxylation sites is 1. The first kappa shape index (κ1) is 20.5. The standard InChI is InChI=1S/C24H26N2O6/c1-29-19-8-4-7-17-22(24(28)25-15-5-2-3-6-15)26(21(27)14-32-23(17)19)16-9-10-18-20(13-16)31-12-11-30-18/h4,7-10,13,15,22H,2-3,5-6,11-12,14H2,1H3,(H,25,28)/t22-/m1/s1. The van der Waals surface area contributed by atoms with Gasteiger partial charge >= 0.3 is 0 Å². The predicted molar refractivity (Wildman–Crippen MR) is 117 cm³/mol. The number of benzene rings is 2. The van der Waals surface area contributed by atoms with Gasteiger partial charge < -0.3 is 24.3 Å². The molecule has 1 fully saturated rings. The molecule has 2 heterocycles. The summed E-state index contributed by atoms with van der Waals surface area (Å²) < 4.78 is 22.6. The quantitative estimate of drug-likeness (QED) is 0.790. The van der Waals surface area contributed by atoms with Crippen molar-refractivity contribution in [1.29, 1.82) is 0 Å². The fraction of sp³-hybridized carbons (Fsp3) is 0.417. The number of nitrogens with zero attached hydrogens (tertiary/aromatic N) is 1. The van der Waals surface area contributed by atoms with Crippen LogP contribution >= 0.6 is 0 Å². The molecule has 8 heteroatoms. The lowest BCUT2D eigenvalue weighted by Crippen LogP contribution is -2.46. The number of anilines is 1. The molecular weight excluding hydrogens is 412 g/mol. The van der Waals surface area contributed by atoms with E-state index >= 15 is 0 Å². The van der Waals surface area contributed by atoms with E-state index in [1.165, 1.54) is 12.0 Å². The van der Waals surface area contributed by atoms with Gasteiger partial charge in [0.15, 0.2) is 29.6 Å². The van der Waals surface area contributed by atoms with Gasteiger partial charge in [-0.2, -0.15) is 0 Å². The summed E-state index contributed by atoms with van der Waals surface area (Å²) in [6.07, 6.45) is 4.07. The van der Waals surface area contributed by atoms with E-state index < -0.39 is 6.04 Å². The zero-order chi connectivity index (χ0) is 22.1. The zero-order valence-electron chi connectivity index (χ0n) is 18.0. The fourth-order valence-electron chi connectivity index (χ4n) is 4.63. The molecular formula is C24H26N2O6. The van der Waals surface area contributed by atoms with Crippen LogP contribution in [0.15, 0.2) is 36.4 Å². The summed E-state index contributed by atoms with van der Waals surface area (Å²) in [5.41, 5.74) is 1.13. The van der Waals surface area contributed by atoms with Gasteiger partial charge in [0, 0.05) is 23.4 Å². The summed E-state index contributed by atoms with van der Waals surface area (Å²) in [6.45, 7) is 0.691. The van der Waals surface area contributed by atoms with Gasteiger partial charge in [-0.1, -0.05) is 25.0 Å². The van der Waals surface area contributed by atoms with Gasteiger partial charge in [-0.25, -0.2) is 0 Å². The Morgan fingerprint density at radius 1 is 1.06 bits per heavy atom. The van der Waals surface area contributed by atoms with Gasteiger partial charge in [0.1, 0.15) is 19.3 Å². The van der Waals surface area contributed by atoms with E-state index in [1.54, 1.807) is 36.4 Å². The molecule has 3 aliphatic rings. The minimum atomic E-state index is -0.904. The molecule has 0 spiro atoms. The Bertz CT molecular complexity index is 1030. The van der Waals surface area contributed by atoms with E-state index in [4.69, 9.17) is 18.9 Å². The molecule has 0 unspecified atom stereocenters. The summed E-state index contributed by atoms with van der Waals surface area (Å²) in [6, 6.07) is 9.85. The second-order valence-electron chi connectivity index (χ2n) is 8.15. The molecule has 2 aromatic carbocycles. The number of amides is 2. The Morgan fingerprint density at radius 2 is 1.84 bits per heavy atom. The second-order valence-corrected chi connectivity index (χ2v) is 8.15. The van der Waals surface area contributed by atoms with Crippen molar-refractivity contribution in [2.75, 3.05) is 31.8 Å². The Morgan fingerprint density at radius 3 is 2.62 bits per heavy atom. The van der Waals surface area contributed by atoms with Gasteiger partial charge in [0.2, 0.25) is 5.91 Å². The van der Waals surface area contributed by atoms with Crippen LogP contribution in [0, 0.1) is 0 Å². The number of carbonyl (C=O) groups is 2. The predicted octanol–water partition coefficient (Wildman–Crippen LogP) is 2.99. The highest BCUT2D eigenvalue weighted by molar-refractivity contribution is 6.03. The molecule has 1 saturated carbocycles. The number of nitrogens with one attached hydrogen (secondary N) is 1. The van der Waals surface area contributed by atoms with Crippen LogP contribution < -0.4 is 29.2 Å². The average Bonchev–Trinajstić information content (AvgIpc) is 3.27. The van der Waals surface area contributed by atoms with Crippen LogP contribution in [0.3, 0.4) is 0 Å². The van der Waals surface area contributed by atoms with Crippen LogP contribution in [-0.4, -0.2) is 44.8 Å². The van der Waals surface area contributed by atoms with Crippen molar-refractivity contribution in [3.8, 4) is 23.0 Å². The summed E-state index contributed by atoms with van der Waals surface area (Å²) in [7, 11) is 1.54. The first-order chi connectivity index (χ1) is 15.7. The largest absolute Gasteiger partial charge is 0.493 e. The van der Waals surface area contributed by atoms with Crippen LogP contribution in [0.5, 0.6) is 23.0 Å². The topological polar surface area (TPSA) is 86.3 Å². The van der Waals surface area contributed by atoms with Crippen molar-refractivity contribution in [2.45, 2.75) is 37.8 Å². The molecule has 2 aromatic rings. The maximum absolute atomic E-state index is 13.6. The zero-order valence-corrected chi connectivity index (χ0v) is 18.0. The number of rotatable bonds is 4. The monoisotopic (exact) mass is 438 g/mol. The lowest BCUT2D eigenvalue weighted by atomic mass is 10.0. The third-order valence-electron chi connectivity index (χ3n) is 6.14. The molecule has 0 aromatic heterocycles. The molecule has 168 valence electrons. The van der Waals surface area contributed by atoms with E-state index in [0.29, 0.717) is 47.5 Å². The number of fused-ring (bicyclic) bond motifs is 2. The van der Waals surface area contributed by atoms with Crippen molar-refractivity contribution < 1.29 is 28.5 Å². The molecule has 8 nitrogen and oxygen atoms in total. The smallest absolute Gasteiger partial charge is 0.265 e. The normalized spacial score (nSPS) is 20.2. The van der Waals surface area contributed by atoms with Crippen molar-refractivity contribution in [3.63, 3.8) is 0 Å². The van der Waals surface area contributed by atoms with Gasteiger partial charge in [-0.15, -0.1) is 0 Å². The van der Waals surface area contributed by atoms with Gasteiger partial charge in [-0.05, 0) is 31.0 Å². The van der Waals surface area contributed by atoms with E-state index in [2.05, 4.69) is 5.32 Å². The first-order valence-electron chi connectivity index (χ1n) is 11.0. The summed E-state index contributed by atoms with van der Waals surface area (Å²) >= 11 is 0. The maximum Gasteiger partial charge on any atom is 0.265 e. The average molecular weight is 438 g/mol. The summed E-state index contributed by atoms with van der Waals surface area (Å²) in [5, 5.41) is 3.15. The molecule has 0 saturated heterocycles. The van der Waals surface area contributed by atoms with E-state index in [0.717, 1.165) is 25.7 Å². The molecule has 1 aliphatic carbocycles. The van der Waals surface area contributed by atoms with Gasteiger partial charge in [0.25, 0.3) is 5.91 Å². The maximum atomic E-state index is 13.6. The highest BCUT2D eigenvalue weighted by atomic mass is 16.6. The second kappa shape index (κ2) is 8.61. The van der Waals surface area contributed by atoms with Crippen LogP contribution in [0.25, 0.3) is 0 Å². The third-order valence-corrected chi connectivity index (χ3v) is 6.14. The number of hydrogen-bond donors (Lipinski definition) is 1. The number of ether oxygens (including phenoxy) is 4. The fourth-order valence-corrected chi connectivity index (χ4v) is 4.63. The Balaban J connectivity index is 1.60. The lowest BCUT2D eigenvalue weighted by molar-refractivity contribution is -0.127. The SMILES string of the molecule is COc1cccc2c1OCC(=O)N(c1ccc3c(c1)OCCO3)[C@H]2C(=O)NC1CCCC1.